The summed E-state index contributed by atoms with van der Waals surface area (Å²) in [5.74, 6) is 0. The van der Waals surface area contributed by atoms with Crippen molar-refractivity contribution in [1.29, 1.82) is 0 Å². The van der Waals surface area contributed by atoms with E-state index in [2.05, 4.69) is 4.90 Å². The third-order valence-corrected chi connectivity index (χ3v) is 6.84. The van der Waals surface area contributed by atoms with Gasteiger partial charge in [0.1, 0.15) is 0 Å². The van der Waals surface area contributed by atoms with Crippen molar-refractivity contribution < 1.29 is 18.3 Å². The second kappa shape index (κ2) is 9.82. The van der Waals surface area contributed by atoms with Crippen molar-refractivity contribution in [2.24, 2.45) is 0 Å². The number of benzene rings is 2. The summed E-state index contributed by atoms with van der Waals surface area (Å²) in [6.45, 7) is 3.09. The summed E-state index contributed by atoms with van der Waals surface area (Å²) in [4.78, 5) is 2.38. The van der Waals surface area contributed by atoms with E-state index in [1.54, 1.807) is 42.5 Å². The summed E-state index contributed by atoms with van der Waals surface area (Å²) in [6, 6.07) is 15.9. The summed E-state index contributed by atoms with van der Waals surface area (Å²) in [5, 5.41) is 10.9. The number of piperazine rings is 1. The van der Waals surface area contributed by atoms with E-state index in [0.717, 1.165) is 5.56 Å². The van der Waals surface area contributed by atoms with Gasteiger partial charge < -0.3 is 9.84 Å². The Morgan fingerprint density at radius 2 is 1.64 bits per heavy atom. The predicted octanol–water partition coefficient (Wildman–Crippen LogP) is 2.22. The molecule has 3 rings (SSSR count). The number of hydrogen-bond donors (Lipinski definition) is 1. The fourth-order valence-electron chi connectivity index (χ4n) is 3.14. The first-order chi connectivity index (χ1) is 13.4. The molecule has 1 fully saturated rings. The van der Waals surface area contributed by atoms with Crippen LogP contribution in [0, 0.1) is 0 Å². The molecule has 1 aliphatic rings. The third-order valence-electron chi connectivity index (χ3n) is 4.67. The average molecular weight is 425 g/mol. The number of nitrogens with zero attached hydrogens (tertiary/aromatic N) is 2. The number of ether oxygens (including phenoxy) is 1. The average Bonchev–Trinajstić information content (AvgIpc) is 2.70. The normalized spacial score (nSPS) is 17.5. The van der Waals surface area contributed by atoms with Crippen LogP contribution in [0.5, 0.6) is 0 Å². The summed E-state index contributed by atoms with van der Waals surface area (Å²) >= 11 is 5.85. The molecule has 0 radical (unpaired) electrons. The van der Waals surface area contributed by atoms with E-state index >= 15 is 0 Å². The van der Waals surface area contributed by atoms with Crippen molar-refractivity contribution in [2.75, 3.05) is 39.3 Å². The van der Waals surface area contributed by atoms with Crippen LogP contribution < -0.4 is 0 Å². The van der Waals surface area contributed by atoms with Crippen molar-refractivity contribution in [3.05, 3.63) is 65.2 Å². The largest absolute Gasteiger partial charge is 0.389 e. The molecule has 1 heterocycles. The van der Waals surface area contributed by atoms with Gasteiger partial charge in [0.25, 0.3) is 0 Å². The second-order valence-corrected chi connectivity index (χ2v) is 9.19. The van der Waals surface area contributed by atoms with Gasteiger partial charge in [-0.15, -0.1) is 0 Å². The van der Waals surface area contributed by atoms with Crippen molar-refractivity contribution in [2.45, 2.75) is 17.6 Å². The molecule has 0 spiro atoms. The van der Waals surface area contributed by atoms with Gasteiger partial charge in [0, 0.05) is 37.7 Å². The zero-order valence-corrected chi connectivity index (χ0v) is 17.1. The Labute approximate surface area is 171 Å². The lowest BCUT2D eigenvalue weighted by Gasteiger charge is -2.34. The molecule has 2 aromatic carbocycles. The van der Waals surface area contributed by atoms with Gasteiger partial charge >= 0.3 is 0 Å². The minimum Gasteiger partial charge on any atom is -0.389 e. The minimum absolute atomic E-state index is 0.227. The van der Waals surface area contributed by atoms with Gasteiger partial charge in [0.15, 0.2) is 0 Å². The van der Waals surface area contributed by atoms with Gasteiger partial charge in [0.05, 0.1) is 24.2 Å². The molecule has 1 unspecified atom stereocenters. The number of aliphatic hydroxyl groups is 1. The van der Waals surface area contributed by atoms with E-state index in [4.69, 9.17) is 16.3 Å². The van der Waals surface area contributed by atoms with E-state index in [1.807, 2.05) is 12.1 Å². The van der Waals surface area contributed by atoms with Crippen molar-refractivity contribution >= 4 is 21.6 Å². The molecule has 152 valence electrons. The highest BCUT2D eigenvalue weighted by Crippen LogP contribution is 2.17. The minimum atomic E-state index is -3.45. The lowest BCUT2D eigenvalue weighted by Crippen LogP contribution is -2.50. The van der Waals surface area contributed by atoms with Crippen LogP contribution in [0.4, 0.5) is 0 Å². The second-order valence-electron chi connectivity index (χ2n) is 6.81. The molecule has 1 saturated heterocycles. The van der Waals surface area contributed by atoms with Crippen molar-refractivity contribution in [3.63, 3.8) is 0 Å². The number of hydrogen-bond acceptors (Lipinski definition) is 5. The fourth-order valence-corrected chi connectivity index (χ4v) is 4.71. The molecule has 0 aliphatic carbocycles. The number of halogens is 1. The van der Waals surface area contributed by atoms with Crippen LogP contribution in [0.2, 0.25) is 5.02 Å². The molecule has 1 N–H and O–H groups in total. The first-order valence-electron chi connectivity index (χ1n) is 9.23. The molecule has 8 heteroatoms. The fraction of sp³-hybridized carbons (Fsp3) is 0.400. The maximum atomic E-state index is 12.6. The molecule has 28 heavy (non-hydrogen) atoms. The monoisotopic (exact) mass is 424 g/mol. The summed E-state index contributed by atoms with van der Waals surface area (Å²) < 4.78 is 32.4. The van der Waals surface area contributed by atoms with Crippen LogP contribution in [0.3, 0.4) is 0 Å². The highest BCUT2D eigenvalue weighted by Gasteiger charge is 2.28. The van der Waals surface area contributed by atoms with Gasteiger partial charge in [0.2, 0.25) is 10.0 Å². The molecule has 0 aromatic heterocycles. The Hall–Kier alpha value is -1.48. The third kappa shape index (κ3) is 5.76. The summed E-state index contributed by atoms with van der Waals surface area (Å²) in [7, 11) is -3.45. The Bertz CT molecular complexity index is 838. The molecule has 0 amide bonds. The first kappa shape index (κ1) is 21.2. The quantitative estimate of drug-likeness (QED) is 0.703. The van der Waals surface area contributed by atoms with Gasteiger partial charge in [-0.3, -0.25) is 4.90 Å². The van der Waals surface area contributed by atoms with E-state index in [1.165, 1.54) is 4.31 Å². The molecule has 6 nitrogen and oxygen atoms in total. The van der Waals surface area contributed by atoms with Crippen LogP contribution in [-0.4, -0.2) is 68.2 Å². The van der Waals surface area contributed by atoms with Gasteiger partial charge in [-0.05, 0) is 29.8 Å². The molecular formula is C20H25ClN2O4S. The molecule has 0 saturated carbocycles. The zero-order valence-electron chi connectivity index (χ0n) is 15.6. The maximum absolute atomic E-state index is 12.6. The molecule has 1 aliphatic heterocycles. The highest BCUT2D eigenvalue weighted by atomic mass is 35.5. The van der Waals surface area contributed by atoms with E-state index in [0.29, 0.717) is 49.2 Å². The Morgan fingerprint density at radius 3 is 2.29 bits per heavy atom. The van der Waals surface area contributed by atoms with Crippen LogP contribution in [0.25, 0.3) is 0 Å². The molecule has 0 bridgehead atoms. The number of rotatable bonds is 8. The zero-order chi connectivity index (χ0) is 20.0. The van der Waals surface area contributed by atoms with E-state index in [9.17, 15) is 13.5 Å². The number of β-amino-alcohol motifs (C(OH)–C–C–N with tert-alkyl or cyclic N) is 1. The van der Waals surface area contributed by atoms with Crippen LogP contribution in [-0.2, 0) is 21.4 Å². The highest BCUT2D eigenvalue weighted by molar-refractivity contribution is 7.89. The molecule has 2 aromatic rings. The van der Waals surface area contributed by atoms with Gasteiger partial charge in [-0.25, -0.2) is 8.42 Å². The summed E-state index contributed by atoms with van der Waals surface area (Å²) in [6.07, 6.45) is -0.621. The Kier molecular flexibility index (Phi) is 7.45. The Balaban J connectivity index is 1.40. The molecular weight excluding hydrogens is 400 g/mol. The van der Waals surface area contributed by atoms with Crippen LogP contribution in [0.15, 0.2) is 59.5 Å². The standard InChI is InChI=1S/C20H25ClN2O4S/c21-18-8-6-17(7-9-18)15-27-16-19(24)14-22-10-12-23(13-11-22)28(25,26)20-4-2-1-3-5-20/h1-9,19,24H,10-16H2. The first-order valence-corrected chi connectivity index (χ1v) is 11.0. The van der Waals surface area contributed by atoms with Crippen molar-refractivity contribution in [3.8, 4) is 0 Å². The predicted molar refractivity (Wildman–Crippen MR) is 109 cm³/mol. The topological polar surface area (TPSA) is 70.1 Å². The smallest absolute Gasteiger partial charge is 0.243 e. The van der Waals surface area contributed by atoms with E-state index < -0.39 is 16.1 Å². The molecule has 1 atom stereocenters. The van der Waals surface area contributed by atoms with Gasteiger partial charge in [-0.2, -0.15) is 4.31 Å². The van der Waals surface area contributed by atoms with Crippen LogP contribution >= 0.6 is 11.6 Å². The maximum Gasteiger partial charge on any atom is 0.243 e. The summed E-state index contributed by atoms with van der Waals surface area (Å²) in [5.41, 5.74) is 0.997. The lowest BCUT2D eigenvalue weighted by molar-refractivity contribution is 0.00539. The lowest BCUT2D eigenvalue weighted by atomic mass is 10.2. The number of aliphatic hydroxyl groups excluding tert-OH is 1. The van der Waals surface area contributed by atoms with E-state index in [-0.39, 0.29) is 6.61 Å². The Morgan fingerprint density at radius 1 is 1.00 bits per heavy atom. The number of sulfonamides is 1. The SMILES string of the molecule is O=S(=O)(c1ccccc1)N1CCN(CC(O)COCc2ccc(Cl)cc2)CC1. The van der Waals surface area contributed by atoms with Crippen LogP contribution in [0.1, 0.15) is 5.56 Å². The van der Waals surface area contributed by atoms with Crippen molar-refractivity contribution in [1.82, 2.24) is 9.21 Å². The van der Waals surface area contributed by atoms with Gasteiger partial charge in [-0.1, -0.05) is 41.9 Å².